The molecule has 0 spiro atoms. The molecule has 4 heteroatoms. The number of nitrogens with two attached hydrogens (primary N) is 1. The van der Waals surface area contributed by atoms with E-state index in [9.17, 15) is 4.39 Å². The van der Waals surface area contributed by atoms with E-state index in [0.29, 0.717) is 5.75 Å². The van der Waals surface area contributed by atoms with Gasteiger partial charge in [0.1, 0.15) is 17.3 Å². The Hall–Kier alpha value is -2.07. The summed E-state index contributed by atoms with van der Waals surface area (Å²) in [5, 5.41) is 0. The average Bonchev–Trinajstić information content (AvgIpc) is 2.56. The van der Waals surface area contributed by atoms with Crippen molar-refractivity contribution in [3.8, 4) is 22.6 Å². The molecule has 0 saturated heterocycles. The molecule has 2 aromatic carbocycles. The van der Waals surface area contributed by atoms with Crippen molar-refractivity contribution in [1.29, 1.82) is 0 Å². The van der Waals surface area contributed by atoms with Gasteiger partial charge in [-0.2, -0.15) is 0 Å². The van der Waals surface area contributed by atoms with Crippen molar-refractivity contribution in [2.24, 2.45) is 5.73 Å². The molecule has 2 N–H and O–H groups in total. The third-order valence-electron chi connectivity index (χ3n) is 3.53. The van der Waals surface area contributed by atoms with Gasteiger partial charge in [-0.05, 0) is 51.4 Å². The van der Waals surface area contributed by atoms with Crippen LogP contribution in [0.5, 0.6) is 11.5 Å². The van der Waals surface area contributed by atoms with Gasteiger partial charge in [0.25, 0.3) is 0 Å². The van der Waals surface area contributed by atoms with E-state index in [1.807, 2.05) is 26.0 Å². The van der Waals surface area contributed by atoms with Crippen LogP contribution in [0.25, 0.3) is 11.1 Å². The summed E-state index contributed by atoms with van der Waals surface area (Å²) < 4.78 is 25.2. The summed E-state index contributed by atoms with van der Waals surface area (Å²) in [4.78, 5) is 0. The zero-order valence-electron chi connectivity index (χ0n) is 13.9. The Labute approximate surface area is 137 Å². The van der Waals surface area contributed by atoms with Crippen molar-refractivity contribution in [3.05, 3.63) is 47.8 Å². The number of rotatable bonds is 3. The molecule has 1 aliphatic heterocycles. The monoisotopic (exact) mass is 317 g/mol. The number of para-hydroxylation sites is 1. The molecule has 2 aromatic rings. The van der Waals surface area contributed by atoms with Crippen molar-refractivity contribution in [2.75, 3.05) is 13.7 Å². The first kappa shape index (κ1) is 17.3. The molecule has 0 radical (unpaired) electrons. The van der Waals surface area contributed by atoms with Crippen molar-refractivity contribution in [3.63, 3.8) is 0 Å². The molecule has 3 nitrogen and oxygen atoms in total. The summed E-state index contributed by atoms with van der Waals surface area (Å²) in [6.07, 6.45) is 2.05. The molecule has 1 heterocycles. The first-order valence-electron chi connectivity index (χ1n) is 7.94. The summed E-state index contributed by atoms with van der Waals surface area (Å²) in [5.74, 6) is 1.18. The van der Waals surface area contributed by atoms with Crippen LogP contribution in [-0.4, -0.2) is 19.8 Å². The summed E-state index contributed by atoms with van der Waals surface area (Å²) in [6.45, 7) is 4.60. The number of ether oxygens (including phenoxy) is 2. The molecule has 0 atom stereocenters. The van der Waals surface area contributed by atoms with Gasteiger partial charge in [0.2, 0.25) is 0 Å². The van der Waals surface area contributed by atoms with Crippen LogP contribution in [-0.2, 0) is 6.42 Å². The Morgan fingerprint density at radius 1 is 1.13 bits per heavy atom. The zero-order chi connectivity index (χ0) is 16.8. The second kappa shape index (κ2) is 7.97. The van der Waals surface area contributed by atoms with Crippen LogP contribution < -0.4 is 15.2 Å². The highest BCUT2D eigenvalue weighted by Gasteiger charge is 2.18. The topological polar surface area (TPSA) is 44.5 Å². The van der Waals surface area contributed by atoms with Gasteiger partial charge in [0.15, 0.2) is 0 Å². The van der Waals surface area contributed by atoms with Crippen molar-refractivity contribution < 1.29 is 13.9 Å². The van der Waals surface area contributed by atoms with E-state index >= 15 is 0 Å². The maximum Gasteiger partial charge on any atom is 0.130 e. The summed E-state index contributed by atoms with van der Waals surface area (Å²) in [6, 6.07) is 10.8. The highest BCUT2D eigenvalue weighted by molar-refractivity contribution is 5.77. The van der Waals surface area contributed by atoms with Gasteiger partial charge in [-0.1, -0.05) is 18.2 Å². The second-order valence-corrected chi connectivity index (χ2v) is 5.55. The quantitative estimate of drug-likeness (QED) is 0.923. The van der Waals surface area contributed by atoms with Gasteiger partial charge in [0, 0.05) is 17.2 Å². The van der Waals surface area contributed by atoms with Crippen LogP contribution in [0.3, 0.4) is 0 Å². The van der Waals surface area contributed by atoms with Crippen LogP contribution in [0.1, 0.15) is 25.8 Å². The molecule has 0 amide bonds. The molecule has 23 heavy (non-hydrogen) atoms. The number of hydrogen-bond acceptors (Lipinski definition) is 3. The molecular weight excluding hydrogens is 293 g/mol. The molecule has 0 fully saturated rings. The fraction of sp³-hybridized carbons (Fsp3) is 0.368. The lowest BCUT2D eigenvalue weighted by molar-refractivity contribution is 0.242. The zero-order valence-corrected chi connectivity index (χ0v) is 13.9. The Bertz CT molecular complexity index is 656. The van der Waals surface area contributed by atoms with Gasteiger partial charge in [-0.25, -0.2) is 4.39 Å². The molecule has 0 aliphatic carbocycles. The van der Waals surface area contributed by atoms with Crippen molar-refractivity contribution in [2.45, 2.75) is 32.8 Å². The van der Waals surface area contributed by atoms with Gasteiger partial charge in [-0.3, -0.25) is 0 Å². The third kappa shape index (κ3) is 4.02. The Kier molecular flexibility index (Phi) is 5.99. The molecule has 0 unspecified atom stereocenters. The fourth-order valence-corrected chi connectivity index (χ4v) is 2.67. The van der Waals surface area contributed by atoms with Gasteiger partial charge in [-0.15, -0.1) is 0 Å². The minimum absolute atomic E-state index is 0.00833. The molecule has 0 bridgehead atoms. The second-order valence-electron chi connectivity index (χ2n) is 5.55. The number of benzene rings is 2. The number of hydrogen-bond donors (Lipinski definition) is 1. The van der Waals surface area contributed by atoms with E-state index in [4.69, 9.17) is 9.47 Å². The molecule has 124 valence electrons. The van der Waals surface area contributed by atoms with E-state index in [0.717, 1.165) is 36.3 Å². The summed E-state index contributed by atoms with van der Waals surface area (Å²) in [5.41, 5.74) is 7.56. The molecule has 0 aromatic heterocycles. The first-order chi connectivity index (χ1) is 11.1. The summed E-state index contributed by atoms with van der Waals surface area (Å²) in [7, 11) is 1.50. The lowest BCUT2D eigenvalue weighted by Gasteiger charge is -2.22. The van der Waals surface area contributed by atoms with E-state index in [2.05, 4.69) is 11.8 Å². The van der Waals surface area contributed by atoms with Crippen LogP contribution in [0.4, 0.5) is 4.39 Å². The van der Waals surface area contributed by atoms with E-state index in [-0.39, 0.29) is 11.9 Å². The first-order valence-corrected chi connectivity index (χ1v) is 7.94. The summed E-state index contributed by atoms with van der Waals surface area (Å²) >= 11 is 0. The smallest absolute Gasteiger partial charge is 0.130 e. The lowest BCUT2D eigenvalue weighted by Crippen LogP contribution is -2.10. The van der Waals surface area contributed by atoms with Crippen molar-refractivity contribution >= 4 is 0 Å². The maximum absolute atomic E-state index is 13.5. The molecular formula is C19H24FNO2. The Balaban J connectivity index is 0.000000924. The highest BCUT2D eigenvalue weighted by Crippen LogP contribution is 2.40. The number of fused-ring (bicyclic) bond motifs is 1. The predicted molar refractivity (Wildman–Crippen MR) is 91.5 cm³/mol. The SMILES string of the molecule is CC(C)Oc1cc(F)ccc1-c1cccc2c1OCCC2.CN. The van der Waals surface area contributed by atoms with E-state index in [1.165, 1.54) is 24.7 Å². The Morgan fingerprint density at radius 3 is 2.65 bits per heavy atom. The number of aryl methyl sites for hydroxylation is 1. The number of halogens is 1. The maximum atomic E-state index is 13.5. The lowest BCUT2D eigenvalue weighted by atomic mass is 9.97. The minimum Gasteiger partial charge on any atom is -0.493 e. The van der Waals surface area contributed by atoms with Crippen LogP contribution in [0, 0.1) is 5.82 Å². The Morgan fingerprint density at radius 2 is 1.91 bits per heavy atom. The predicted octanol–water partition coefficient (Wildman–Crippen LogP) is 4.18. The van der Waals surface area contributed by atoms with Crippen LogP contribution in [0.2, 0.25) is 0 Å². The average molecular weight is 317 g/mol. The minimum atomic E-state index is -0.292. The molecule has 0 saturated carbocycles. The van der Waals surface area contributed by atoms with E-state index in [1.54, 1.807) is 6.07 Å². The largest absolute Gasteiger partial charge is 0.493 e. The van der Waals surface area contributed by atoms with Crippen LogP contribution in [0.15, 0.2) is 36.4 Å². The molecule has 1 aliphatic rings. The highest BCUT2D eigenvalue weighted by atomic mass is 19.1. The van der Waals surface area contributed by atoms with E-state index < -0.39 is 0 Å². The van der Waals surface area contributed by atoms with Crippen molar-refractivity contribution in [1.82, 2.24) is 0 Å². The standard InChI is InChI=1S/C18H19FO2.CH5N/c1-12(2)21-17-11-14(19)8-9-15(17)16-7-3-5-13-6-4-10-20-18(13)16;1-2/h3,5,7-9,11-12H,4,6,10H2,1-2H3;2H2,1H3. The van der Waals surface area contributed by atoms with Crippen LogP contribution >= 0.6 is 0 Å². The van der Waals surface area contributed by atoms with Gasteiger partial charge in [0.05, 0.1) is 12.7 Å². The fourth-order valence-electron chi connectivity index (χ4n) is 2.67. The van der Waals surface area contributed by atoms with Gasteiger partial charge < -0.3 is 15.2 Å². The normalized spacial score (nSPS) is 12.8. The van der Waals surface area contributed by atoms with Gasteiger partial charge >= 0.3 is 0 Å². The third-order valence-corrected chi connectivity index (χ3v) is 3.53. The molecule has 3 rings (SSSR count).